The number of benzene rings is 2. The Kier molecular flexibility index (Phi) is 5.59. The van der Waals surface area contributed by atoms with Gasteiger partial charge in [-0.2, -0.15) is 0 Å². The summed E-state index contributed by atoms with van der Waals surface area (Å²) in [4.78, 5) is 12.2. The highest BCUT2D eigenvalue weighted by molar-refractivity contribution is 7.91. The van der Waals surface area contributed by atoms with Crippen LogP contribution >= 0.6 is 11.3 Å². The Morgan fingerprint density at radius 2 is 1.89 bits per heavy atom. The summed E-state index contributed by atoms with van der Waals surface area (Å²) in [5, 5.41) is 9.93. The van der Waals surface area contributed by atoms with E-state index in [4.69, 9.17) is 0 Å². The standard InChI is InChI=1S/C17H15FN4O3S2/c1-11-3-2-4-13(9-11)15(23)20-16-21-22-17(26-16)27(24,25)19-10-12-5-7-14(18)8-6-12/h2-9,19H,10H2,1H3,(H,20,21,23). The van der Waals surface area contributed by atoms with E-state index in [1.165, 1.54) is 24.3 Å². The SMILES string of the molecule is Cc1cccc(C(=O)Nc2nnc(S(=O)(=O)NCc3ccc(F)cc3)s2)c1. The van der Waals surface area contributed by atoms with Crippen LogP contribution in [0.3, 0.4) is 0 Å². The number of hydrogen-bond acceptors (Lipinski definition) is 6. The average Bonchev–Trinajstić information content (AvgIpc) is 3.11. The van der Waals surface area contributed by atoms with Gasteiger partial charge in [0.1, 0.15) is 5.82 Å². The zero-order valence-electron chi connectivity index (χ0n) is 14.1. The first-order valence-electron chi connectivity index (χ1n) is 7.79. The largest absolute Gasteiger partial charge is 0.296 e. The highest BCUT2D eigenvalue weighted by Crippen LogP contribution is 2.21. The Morgan fingerprint density at radius 1 is 1.15 bits per heavy atom. The Morgan fingerprint density at radius 3 is 2.59 bits per heavy atom. The first-order valence-corrected chi connectivity index (χ1v) is 10.1. The van der Waals surface area contributed by atoms with Gasteiger partial charge in [0.2, 0.25) is 9.47 Å². The van der Waals surface area contributed by atoms with E-state index in [1.54, 1.807) is 18.2 Å². The van der Waals surface area contributed by atoms with Gasteiger partial charge in [0.25, 0.3) is 15.9 Å². The molecule has 0 saturated heterocycles. The molecule has 3 rings (SSSR count). The molecule has 0 radical (unpaired) electrons. The highest BCUT2D eigenvalue weighted by Gasteiger charge is 2.21. The van der Waals surface area contributed by atoms with Crippen LogP contribution in [0.5, 0.6) is 0 Å². The second-order valence-corrected chi connectivity index (χ2v) is 8.57. The second-order valence-electron chi connectivity index (χ2n) is 5.65. The number of aromatic nitrogens is 2. The zero-order chi connectivity index (χ0) is 19.4. The highest BCUT2D eigenvalue weighted by atomic mass is 32.2. The van der Waals surface area contributed by atoms with Crippen LogP contribution in [0.15, 0.2) is 52.9 Å². The van der Waals surface area contributed by atoms with E-state index in [2.05, 4.69) is 20.2 Å². The van der Waals surface area contributed by atoms with Crippen molar-refractivity contribution in [3.05, 3.63) is 71.0 Å². The predicted molar refractivity (Wildman–Crippen MR) is 99.5 cm³/mol. The van der Waals surface area contributed by atoms with E-state index in [1.807, 2.05) is 13.0 Å². The molecule has 0 aliphatic heterocycles. The monoisotopic (exact) mass is 406 g/mol. The van der Waals surface area contributed by atoms with Gasteiger partial charge in [-0.25, -0.2) is 17.5 Å². The lowest BCUT2D eigenvalue weighted by Crippen LogP contribution is -2.23. The Balaban J connectivity index is 1.66. The molecule has 0 bridgehead atoms. The predicted octanol–water partition coefficient (Wildman–Crippen LogP) is 2.72. The number of nitrogens with one attached hydrogen (secondary N) is 2. The number of sulfonamides is 1. The number of nitrogens with zero attached hydrogens (tertiary/aromatic N) is 2. The Labute approximate surface area is 159 Å². The minimum absolute atomic E-state index is 0.0207. The van der Waals surface area contributed by atoms with Crippen molar-refractivity contribution in [1.82, 2.24) is 14.9 Å². The third-order valence-corrected chi connectivity index (χ3v) is 6.12. The Bertz CT molecular complexity index is 1070. The summed E-state index contributed by atoms with van der Waals surface area (Å²) >= 11 is 0.740. The first-order chi connectivity index (χ1) is 12.8. The number of rotatable bonds is 6. The van der Waals surface area contributed by atoms with Crippen LogP contribution in [0.1, 0.15) is 21.5 Å². The van der Waals surface area contributed by atoms with E-state index in [9.17, 15) is 17.6 Å². The molecule has 3 aromatic rings. The average molecular weight is 406 g/mol. The third-order valence-electron chi connectivity index (χ3n) is 3.52. The van der Waals surface area contributed by atoms with Gasteiger partial charge < -0.3 is 0 Å². The Hall–Kier alpha value is -2.69. The molecule has 2 aromatic carbocycles. The number of aryl methyl sites for hydroxylation is 1. The van der Waals surface area contributed by atoms with E-state index in [0.717, 1.165) is 16.9 Å². The van der Waals surface area contributed by atoms with Crippen LogP contribution in [0.2, 0.25) is 0 Å². The molecule has 0 aliphatic carbocycles. The second kappa shape index (κ2) is 7.91. The molecule has 7 nitrogen and oxygen atoms in total. The van der Waals surface area contributed by atoms with E-state index < -0.39 is 21.7 Å². The summed E-state index contributed by atoms with van der Waals surface area (Å²) in [6.07, 6.45) is 0. The number of halogens is 1. The van der Waals surface area contributed by atoms with E-state index in [-0.39, 0.29) is 16.0 Å². The molecule has 27 heavy (non-hydrogen) atoms. The normalized spacial score (nSPS) is 11.3. The quantitative estimate of drug-likeness (QED) is 0.613. The molecular formula is C17H15FN4O3S2. The fourth-order valence-electron chi connectivity index (χ4n) is 2.17. The molecule has 1 amide bonds. The first kappa shape index (κ1) is 19.1. The summed E-state index contributed by atoms with van der Waals surface area (Å²) in [6.45, 7) is 1.84. The van der Waals surface area contributed by atoms with Crippen molar-refractivity contribution >= 4 is 32.4 Å². The van der Waals surface area contributed by atoms with Crippen LogP contribution in [-0.2, 0) is 16.6 Å². The van der Waals surface area contributed by atoms with Gasteiger partial charge in [-0.05, 0) is 36.8 Å². The van der Waals surface area contributed by atoms with Crippen LogP contribution < -0.4 is 10.0 Å². The van der Waals surface area contributed by atoms with Crippen LogP contribution in [-0.4, -0.2) is 24.5 Å². The molecule has 1 heterocycles. The fourth-order valence-corrected chi connectivity index (χ4v) is 4.12. The van der Waals surface area contributed by atoms with Gasteiger partial charge in [0.05, 0.1) is 0 Å². The molecular weight excluding hydrogens is 391 g/mol. The minimum atomic E-state index is -3.91. The van der Waals surface area contributed by atoms with Crippen molar-refractivity contribution in [2.45, 2.75) is 17.8 Å². The lowest BCUT2D eigenvalue weighted by Gasteiger charge is -2.03. The molecule has 1 aromatic heterocycles. The number of anilines is 1. The van der Waals surface area contributed by atoms with E-state index >= 15 is 0 Å². The smallest absolute Gasteiger partial charge is 0.270 e. The summed E-state index contributed by atoms with van der Waals surface area (Å²) in [5.74, 6) is -0.808. The van der Waals surface area contributed by atoms with Crippen LogP contribution in [0.25, 0.3) is 0 Å². The number of carbonyl (C=O) groups is 1. The maximum absolute atomic E-state index is 12.9. The lowest BCUT2D eigenvalue weighted by atomic mass is 10.1. The van der Waals surface area contributed by atoms with Gasteiger partial charge in [-0.1, -0.05) is 41.2 Å². The minimum Gasteiger partial charge on any atom is -0.296 e. The van der Waals surface area contributed by atoms with Crippen molar-refractivity contribution in [2.24, 2.45) is 0 Å². The molecule has 140 valence electrons. The van der Waals surface area contributed by atoms with Gasteiger partial charge in [-0.15, -0.1) is 10.2 Å². The third kappa shape index (κ3) is 4.94. The van der Waals surface area contributed by atoms with Crippen molar-refractivity contribution in [3.8, 4) is 0 Å². The maximum atomic E-state index is 12.9. The van der Waals surface area contributed by atoms with Crippen molar-refractivity contribution in [2.75, 3.05) is 5.32 Å². The molecule has 0 unspecified atom stereocenters. The van der Waals surface area contributed by atoms with Gasteiger partial charge in [0.15, 0.2) is 0 Å². The molecule has 10 heteroatoms. The number of hydrogen-bond donors (Lipinski definition) is 2. The van der Waals surface area contributed by atoms with Gasteiger partial charge in [-0.3, -0.25) is 10.1 Å². The molecule has 0 atom stereocenters. The van der Waals surface area contributed by atoms with Crippen molar-refractivity contribution in [1.29, 1.82) is 0 Å². The molecule has 0 spiro atoms. The summed E-state index contributed by atoms with van der Waals surface area (Å²) in [5.41, 5.74) is 1.95. The summed E-state index contributed by atoms with van der Waals surface area (Å²) in [6, 6.07) is 12.4. The lowest BCUT2D eigenvalue weighted by molar-refractivity contribution is 0.102. The summed E-state index contributed by atoms with van der Waals surface area (Å²) in [7, 11) is -3.91. The topological polar surface area (TPSA) is 101 Å². The molecule has 2 N–H and O–H groups in total. The van der Waals surface area contributed by atoms with Crippen LogP contribution in [0.4, 0.5) is 9.52 Å². The fraction of sp³-hybridized carbons (Fsp3) is 0.118. The van der Waals surface area contributed by atoms with E-state index in [0.29, 0.717) is 11.1 Å². The maximum Gasteiger partial charge on any atom is 0.270 e. The van der Waals surface area contributed by atoms with Crippen molar-refractivity contribution < 1.29 is 17.6 Å². The van der Waals surface area contributed by atoms with Gasteiger partial charge in [0, 0.05) is 12.1 Å². The number of carbonyl (C=O) groups excluding carboxylic acids is 1. The zero-order valence-corrected chi connectivity index (χ0v) is 15.8. The van der Waals surface area contributed by atoms with Crippen molar-refractivity contribution in [3.63, 3.8) is 0 Å². The summed E-state index contributed by atoms with van der Waals surface area (Å²) < 4.78 is 39.6. The van der Waals surface area contributed by atoms with Gasteiger partial charge >= 0.3 is 0 Å². The molecule has 0 saturated carbocycles. The molecule has 0 fully saturated rings. The number of amides is 1. The van der Waals surface area contributed by atoms with Crippen LogP contribution in [0, 0.1) is 12.7 Å². The molecule has 0 aliphatic rings.